The normalized spacial score (nSPS) is 23.8. The molecule has 1 aliphatic rings. The summed E-state index contributed by atoms with van der Waals surface area (Å²) < 4.78 is 11.3. The lowest BCUT2D eigenvalue weighted by Gasteiger charge is -2.23. The Labute approximate surface area is 103 Å². The van der Waals surface area contributed by atoms with Crippen LogP contribution >= 0.6 is 0 Å². The maximum absolute atomic E-state index is 5.70. The van der Waals surface area contributed by atoms with Gasteiger partial charge in [-0.15, -0.1) is 0 Å². The minimum absolute atomic E-state index is 0.0345. The van der Waals surface area contributed by atoms with E-state index >= 15 is 0 Å². The number of hydrogen-bond acceptors (Lipinski definition) is 3. The molecule has 1 N–H and O–H groups in total. The zero-order valence-electron chi connectivity index (χ0n) is 10.4. The molecular formula is C14H21NO2. The minimum atomic E-state index is 0.0345. The van der Waals surface area contributed by atoms with Gasteiger partial charge in [-0.2, -0.15) is 0 Å². The fourth-order valence-electron chi connectivity index (χ4n) is 2.09. The van der Waals surface area contributed by atoms with E-state index < -0.39 is 0 Å². The van der Waals surface area contributed by atoms with Gasteiger partial charge in [0.1, 0.15) is 12.4 Å². The first-order valence-electron chi connectivity index (χ1n) is 6.31. The Morgan fingerprint density at radius 1 is 1.35 bits per heavy atom. The van der Waals surface area contributed by atoms with Crippen molar-refractivity contribution in [3.05, 3.63) is 30.3 Å². The van der Waals surface area contributed by atoms with Crippen LogP contribution in [-0.4, -0.2) is 31.9 Å². The van der Waals surface area contributed by atoms with Crippen LogP contribution in [0, 0.1) is 0 Å². The van der Waals surface area contributed by atoms with Crippen molar-refractivity contribution in [3.8, 4) is 5.75 Å². The Kier molecular flexibility index (Phi) is 4.40. The molecule has 0 amide bonds. The van der Waals surface area contributed by atoms with Crippen LogP contribution in [0.3, 0.4) is 0 Å². The van der Waals surface area contributed by atoms with Crippen molar-refractivity contribution in [2.75, 3.05) is 26.3 Å². The summed E-state index contributed by atoms with van der Waals surface area (Å²) in [7, 11) is 0. The molecule has 3 nitrogen and oxygen atoms in total. The van der Waals surface area contributed by atoms with Crippen LogP contribution in [-0.2, 0) is 4.74 Å². The van der Waals surface area contributed by atoms with Gasteiger partial charge in [0.25, 0.3) is 0 Å². The number of para-hydroxylation sites is 1. The predicted octanol–water partition coefficient (Wildman–Crippen LogP) is 2.22. The molecule has 0 radical (unpaired) electrons. The van der Waals surface area contributed by atoms with Gasteiger partial charge in [0.05, 0.1) is 5.60 Å². The van der Waals surface area contributed by atoms with Gasteiger partial charge >= 0.3 is 0 Å². The lowest BCUT2D eigenvalue weighted by Crippen LogP contribution is -2.38. The van der Waals surface area contributed by atoms with Gasteiger partial charge < -0.3 is 14.8 Å². The Morgan fingerprint density at radius 3 is 2.88 bits per heavy atom. The van der Waals surface area contributed by atoms with E-state index in [1.807, 2.05) is 30.3 Å². The molecule has 0 spiro atoms. The summed E-state index contributed by atoms with van der Waals surface area (Å²) in [6.45, 7) is 5.53. The van der Waals surface area contributed by atoms with Gasteiger partial charge in [-0.1, -0.05) is 18.2 Å². The Hall–Kier alpha value is -1.06. The third kappa shape index (κ3) is 4.02. The van der Waals surface area contributed by atoms with Crippen molar-refractivity contribution in [1.29, 1.82) is 0 Å². The molecule has 1 aliphatic heterocycles. The number of hydrogen-bond donors (Lipinski definition) is 1. The molecule has 1 atom stereocenters. The van der Waals surface area contributed by atoms with E-state index in [9.17, 15) is 0 Å². The predicted molar refractivity (Wildman–Crippen MR) is 68.4 cm³/mol. The highest BCUT2D eigenvalue weighted by atomic mass is 16.5. The van der Waals surface area contributed by atoms with Crippen molar-refractivity contribution in [2.45, 2.75) is 25.4 Å². The van der Waals surface area contributed by atoms with Crippen molar-refractivity contribution >= 4 is 0 Å². The molecule has 1 fully saturated rings. The van der Waals surface area contributed by atoms with Crippen LogP contribution in [0.4, 0.5) is 0 Å². The van der Waals surface area contributed by atoms with E-state index in [0.29, 0.717) is 6.61 Å². The van der Waals surface area contributed by atoms with Gasteiger partial charge in [0, 0.05) is 19.7 Å². The zero-order chi connectivity index (χ0) is 12.0. The maximum atomic E-state index is 5.70. The van der Waals surface area contributed by atoms with Crippen LogP contribution in [0.1, 0.15) is 19.8 Å². The molecule has 1 aromatic carbocycles. The number of benzene rings is 1. The average molecular weight is 235 g/mol. The zero-order valence-corrected chi connectivity index (χ0v) is 10.4. The second-order valence-electron chi connectivity index (χ2n) is 4.74. The second kappa shape index (κ2) is 6.03. The van der Waals surface area contributed by atoms with E-state index in [1.54, 1.807) is 0 Å². The molecule has 3 heteroatoms. The highest BCUT2D eigenvalue weighted by molar-refractivity contribution is 5.20. The SMILES string of the molecule is CC1(CNCCOc2ccccc2)CCCO1. The third-order valence-electron chi connectivity index (χ3n) is 3.09. The molecule has 1 saturated heterocycles. The van der Waals surface area contributed by atoms with E-state index in [4.69, 9.17) is 9.47 Å². The number of nitrogens with one attached hydrogen (secondary N) is 1. The van der Waals surface area contributed by atoms with Gasteiger partial charge in [-0.3, -0.25) is 0 Å². The largest absolute Gasteiger partial charge is 0.492 e. The van der Waals surface area contributed by atoms with Crippen molar-refractivity contribution in [3.63, 3.8) is 0 Å². The van der Waals surface area contributed by atoms with Gasteiger partial charge in [-0.25, -0.2) is 0 Å². The Morgan fingerprint density at radius 2 is 2.18 bits per heavy atom. The molecule has 0 aliphatic carbocycles. The van der Waals surface area contributed by atoms with Gasteiger partial charge in [0.15, 0.2) is 0 Å². The monoisotopic (exact) mass is 235 g/mol. The van der Waals surface area contributed by atoms with E-state index in [-0.39, 0.29) is 5.60 Å². The van der Waals surface area contributed by atoms with Crippen molar-refractivity contribution in [2.24, 2.45) is 0 Å². The molecule has 1 unspecified atom stereocenters. The molecule has 2 rings (SSSR count). The van der Waals surface area contributed by atoms with E-state index in [1.165, 1.54) is 6.42 Å². The van der Waals surface area contributed by atoms with Crippen LogP contribution in [0.5, 0.6) is 5.75 Å². The van der Waals surface area contributed by atoms with Crippen LogP contribution in [0.25, 0.3) is 0 Å². The van der Waals surface area contributed by atoms with Crippen LogP contribution < -0.4 is 10.1 Å². The minimum Gasteiger partial charge on any atom is -0.492 e. The molecule has 1 heterocycles. The van der Waals surface area contributed by atoms with Crippen LogP contribution in [0.2, 0.25) is 0 Å². The quantitative estimate of drug-likeness (QED) is 0.767. The average Bonchev–Trinajstić information content (AvgIpc) is 2.77. The highest BCUT2D eigenvalue weighted by Crippen LogP contribution is 2.23. The van der Waals surface area contributed by atoms with Crippen molar-refractivity contribution < 1.29 is 9.47 Å². The van der Waals surface area contributed by atoms with Gasteiger partial charge in [0.2, 0.25) is 0 Å². The molecule has 1 aromatic rings. The first-order chi connectivity index (χ1) is 8.29. The summed E-state index contributed by atoms with van der Waals surface area (Å²) in [5, 5.41) is 3.39. The Bertz CT molecular complexity index is 320. The van der Waals surface area contributed by atoms with E-state index in [2.05, 4.69) is 12.2 Å². The van der Waals surface area contributed by atoms with E-state index in [0.717, 1.165) is 31.9 Å². The first-order valence-corrected chi connectivity index (χ1v) is 6.31. The number of rotatable bonds is 6. The molecule has 0 bridgehead atoms. The summed E-state index contributed by atoms with van der Waals surface area (Å²) in [6, 6.07) is 9.90. The third-order valence-corrected chi connectivity index (χ3v) is 3.09. The lowest BCUT2D eigenvalue weighted by atomic mass is 10.0. The van der Waals surface area contributed by atoms with Crippen LogP contribution in [0.15, 0.2) is 30.3 Å². The fourth-order valence-corrected chi connectivity index (χ4v) is 2.09. The summed E-state index contributed by atoms with van der Waals surface area (Å²) in [4.78, 5) is 0. The molecule has 94 valence electrons. The summed E-state index contributed by atoms with van der Waals surface area (Å²) in [5.41, 5.74) is 0.0345. The van der Waals surface area contributed by atoms with Gasteiger partial charge in [-0.05, 0) is 31.9 Å². The topological polar surface area (TPSA) is 30.5 Å². The summed E-state index contributed by atoms with van der Waals surface area (Å²) in [5.74, 6) is 0.928. The number of ether oxygens (including phenoxy) is 2. The second-order valence-corrected chi connectivity index (χ2v) is 4.74. The molecule has 0 aromatic heterocycles. The summed E-state index contributed by atoms with van der Waals surface area (Å²) >= 11 is 0. The smallest absolute Gasteiger partial charge is 0.119 e. The first kappa shape index (κ1) is 12.4. The standard InChI is InChI=1S/C14H21NO2/c1-14(8-5-10-17-14)12-15-9-11-16-13-6-3-2-4-7-13/h2-4,6-7,15H,5,8-12H2,1H3. The Balaban J connectivity index is 1.58. The molecule has 0 saturated carbocycles. The molecular weight excluding hydrogens is 214 g/mol. The maximum Gasteiger partial charge on any atom is 0.119 e. The fraction of sp³-hybridized carbons (Fsp3) is 0.571. The molecule has 17 heavy (non-hydrogen) atoms. The van der Waals surface area contributed by atoms with Crippen molar-refractivity contribution in [1.82, 2.24) is 5.32 Å². The highest BCUT2D eigenvalue weighted by Gasteiger charge is 2.28. The lowest BCUT2D eigenvalue weighted by molar-refractivity contribution is 0.0205. The summed E-state index contributed by atoms with van der Waals surface area (Å²) in [6.07, 6.45) is 2.33.